The summed E-state index contributed by atoms with van der Waals surface area (Å²) < 4.78 is 11.2. The van der Waals surface area contributed by atoms with Crippen LogP contribution in [0.4, 0.5) is 0 Å². The average Bonchev–Trinajstić information content (AvgIpc) is 2.72. The SMILES string of the molecule is Cc1cccc(CN(CCN2CCOCC2)C[C@@H](O)COc2ccccc2)c1. The number of aliphatic hydroxyl groups is 1. The Morgan fingerprint density at radius 2 is 1.89 bits per heavy atom. The molecule has 0 aromatic heterocycles. The van der Waals surface area contributed by atoms with Gasteiger partial charge >= 0.3 is 0 Å². The van der Waals surface area contributed by atoms with Crippen molar-refractivity contribution in [1.29, 1.82) is 0 Å². The molecule has 5 nitrogen and oxygen atoms in total. The minimum Gasteiger partial charge on any atom is -0.491 e. The molecule has 5 heteroatoms. The van der Waals surface area contributed by atoms with E-state index in [1.165, 1.54) is 11.1 Å². The largest absolute Gasteiger partial charge is 0.491 e. The minimum atomic E-state index is -0.533. The van der Waals surface area contributed by atoms with Crippen LogP contribution in [0, 0.1) is 6.92 Å². The van der Waals surface area contributed by atoms with Gasteiger partial charge in [0.25, 0.3) is 0 Å². The van der Waals surface area contributed by atoms with Gasteiger partial charge in [0.15, 0.2) is 0 Å². The number of aliphatic hydroxyl groups excluding tert-OH is 1. The smallest absolute Gasteiger partial charge is 0.119 e. The molecule has 0 unspecified atom stereocenters. The van der Waals surface area contributed by atoms with Crippen molar-refractivity contribution < 1.29 is 14.6 Å². The predicted octanol–water partition coefficient (Wildman–Crippen LogP) is 2.57. The molecule has 0 bridgehead atoms. The van der Waals surface area contributed by atoms with Crippen molar-refractivity contribution in [3.63, 3.8) is 0 Å². The number of para-hydroxylation sites is 1. The minimum absolute atomic E-state index is 0.298. The van der Waals surface area contributed by atoms with Crippen LogP contribution in [-0.4, -0.2) is 73.6 Å². The molecule has 1 heterocycles. The van der Waals surface area contributed by atoms with Gasteiger partial charge < -0.3 is 14.6 Å². The third-order valence-electron chi connectivity index (χ3n) is 4.98. The second-order valence-corrected chi connectivity index (χ2v) is 7.46. The summed E-state index contributed by atoms with van der Waals surface area (Å²) in [6, 6.07) is 18.2. The maximum absolute atomic E-state index is 10.6. The second-order valence-electron chi connectivity index (χ2n) is 7.46. The molecular weight excluding hydrogens is 352 g/mol. The summed E-state index contributed by atoms with van der Waals surface area (Å²) in [5, 5.41) is 10.6. The number of morpholine rings is 1. The molecule has 0 saturated carbocycles. The molecule has 0 radical (unpaired) electrons. The number of hydrogen-bond acceptors (Lipinski definition) is 5. The van der Waals surface area contributed by atoms with E-state index in [-0.39, 0.29) is 0 Å². The standard InChI is InChI=1S/C23H32N2O3/c1-20-6-5-7-21(16-20)17-25(11-10-24-12-14-27-15-13-24)18-22(26)19-28-23-8-3-2-4-9-23/h2-9,16,22,26H,10-15,17-19H2,1H3/t22-/m1/s1. The van der Waals surface area contributed by atoms with E-state index in [0.29, 0.717) is 13.2 Å². The van der Waals surface area contributed by atoms with Crippen molar-refractivity contribution in [2.75, 3.05) is 52.5 Å². The van der Waals surface area contributed by atoms with Crippen LogP contribution in [0.25, 0.3) is 0 Å². The summed E-state index contributed by atoms with van der Waals surface area (Å²) in [4.78, 5) is 4.75. The number of benzene rings is 2. The average molecular weight is 385 g/mol. The first-order chi connectivity index (χ1) is 13.7. The molecule has 2 aromatic rings. The molecule has 1 fully saturated rings. The highest BCUT2D eigenvalue weighted by atomic mass is 16.5. The van der Waals surface area contributed by atoms with Gasteiger partial charge in [-0.1, -0.05) is 48.0 Å². The fourth-order valence-electron chi connectivity index (χ4n) is 3.47. The lowest BCUT2D eigenvalue weighted by Gasteiger charge is -2.31. The number of hydrogen-bond donors (Lipinski definition) is 1. The van der Waals surface area contributed by atoms with Gasteiger partial charge in [0.1, 0.15) is 18.5 Å². The molecule has 0 spiro atoms. The van der Waals surface area contributed by atoms with Gasteiger partial charge in [-0.3, -0.25) is 9.80 Å². The third kappa shape index (κ3) is 7.24. The van der Waals surface area contributed by atoms with Gasteiger partial charge in [0.05, 0.1) is 13.2 Å². The van der Waals surface area contributed by atoms with Crippen LogP contribution in [0.3, 0.4) is 0 Å². The summed E-state index contributed by atoms with van der Waals surface area (Å²) in [5.41, 5.74) is 2.54. The quantitative estimate of drug-likeness (QED) is 0.682. The molecule has 0 aliphatic carbocycles. The molecule has 28 heavy (non-hydrogen) atoms. The topological polar surface area (TPSA) is 45.2 Å². The summed E-state index contributed by atoms with van der Waals surface area (Å²) in [5.74, 6) is 0.792. The summed E-state index contributed by atoms with van der Waals surface area (Å²) in [6.07, 6.45) is -0.533. The lowest BCUT2D eigenvalue weighted by atomic mass is 10.1. The number of rotatable bonds is 10. The molecular formula is C23H32N2O3. The Bertz CT molecular complexity index is 689. The van der Waals surface area contributed by atoms with E-state index in [4.69, 9.17) is 9.47 Å². The summed E-state index contributed by atoms with van der Waals surface area (Å²) in [6.45, 7) is 9.32. The summed E-state index contributed by atoms with van der Waals surface area (Å²) in [7, 11) is 0. The lowest BCUT2D eigenvalue weighted by Crippen LogP contribution is -2.43. The third-order valence-corrected chi connectivity index (χ3v) is 4.98. The Balaban J connectivity index is 1.54. The van der Waals surface area contributed by atoms with Crippen LogP contribution in [0.5, 0.6) is 5.75 Å². The van der Waals surface area contributed by atoms with Gasteiger partial charge in [0, 0.05) is 39.3 Å². The van der Waals surface area contributed by atoms with Gasteiger partial charge in [-0.2, -0.15) is 0 Å². The van der Waals surface area contributed by atoms with E-state index in [2.05, 4.69) is 41.0 Å². The van der Waals surface area contributed by atoms with Crippen molar-refractivity contribution in [2.24, 2.45) is 0 Å². The first-order valence-electron chi connectivity index (χ1n) is 10.1. The van der Waals surface area contributed by atoms with Crippen molar-refractivity contribution in [1.82, 2.24) is 9.80 Å². The van der Waals surface area contributed by atoms with Crippen LogP contribution < -0.4 is 4.74 Å². The first kappa shape index (κ1) is 20.8. The number of aryl methyl sites for hydroxylation is 1. The first-order valence-corrected chi connectivity index (χ1v) is 10.1. The molecule has 3 rings (SSSR count). The molecule has 1 atom stereocenters. The molecule has 1 saturated heterocycles. The van der Waals surface area contributed by atoms with Crippen molar-refractivity contribution in [3.05, 3.63) is 65.7 Å². The zero-order valence-electron chi connectivity index (χ0n) is 16.8. The van der Waals surface area contributed by atoms with Crippen molar-refractivity contribution >= 4 is 0 Å². The van der Waals surface area contributed by atoms with Gasteiger partial charge in [-0.05, 0) is 24.6 Å². The number of nitrogens with zero attached hydrogens (tertiary/aromatic N) is 2. The Hall–Kier alpha value is -1.92. The molecule has 1 N–H and O–H groups in total. The highest BCUT2D eigenvalue weighted by molar-refractivity contribution is 5.22. The van der Waals surface area contributed by atoms with Gasteiger partial charge in [-0.25, -0.2) is 0 Å². The van der Waals surface area contributed by atoms with Crippen molar-refractivity contribution in [2.45, 2.75) is 19.6 Å². The second kappa shape index (κ2) is 11.2. The lowest BCUT2D eigenvalue weighted by molar-refractivity contribution is 0.0256. The predicted molar refractivity (Wildman–Crippen MR) is 112 cm³/mol. The Kier molecular flexibility index (Phi) is 8.30. The molecule has 0 amide bonds. The maximum Gasteiger partial charge on any atom is 0.119 e. The zero-order chi connectivity index (χ0) is 19.6. The molecule has 1 aliphatic heterocycles. The highest BCUT2D eigenvalue weighted by Gasteiger charge is 2.16. The fraction of sp³-hybridized carbons (Fsp3) is 0.478. The molecule has 2 aromatic carbocycles. The van der Waals surface area contributed by atoms with Crippen LogP contribution >= 0.6 is 0 Å². The van der Waals surface area contributed by atoms with E-state index >= 15 is 0 Å². The van der Waals surface area contributed by atoms with Crippen LogP contribution in [0.1, 0.15) is 11.1 Å². The van der Waals surface area contributed by atoms with Crippen LogP contribution in [-0.2, 0) is 11.3 Å². The van der Waals surface area contributed by atoms with Gasteiger partial charge in [0.2, 0.25) is 0 Å². The Labute approximate surface area is 168 Å². The zero-order valence-corrected chi connectivity index (χ0v) is 16.8. The van der Waals surface area contributed by atoms with E-state index in [9.17, 15) is 5.11 Å². The Morgan fingerprint density at radius 3 is 2.64 bits per heavy atom. The maximum atomic E-state index is 10.6. The van der Waals surface area contributed by atoms with Gasteiger partial charge in [-0.15, -0.1) is 0 Å². The van der Waals surface area contributed by atoms with E-state index in [0.717, 1.165) is 51.7 Å². The highest BCUT2D eigenvalue weighted by Crippen LogP contribution is 2.11. The van der Waals surface area contributed by atoms with Crippen LogP contribution in [0.15, 0.2) is 54.6 Å². The molecule has 1 aliphatic rings. The fourth-order valence-corrected chi connectivity index (χ4v) is 3.47. The van der Waals surface area contributed by atoms with E-state index in [1.807, 2.05) is 30.3 Å². The Morgan fingerprint density at radius 1 is 1.11 bits per heavy atom. The van der Waals surface area contributed by atoms with Crippen molar-refractivity contribution in [3.8, 4) is 5.75 Å². The number of ether oxygens (including phenoxy) is 2. The summed E-state index contributed by atoms with van der Waals surface area (Å²) >= 11 is 0. The molecule has 152 valence electrons. The normalized spacial score (nSPS) is 16.2. The monoisotopic (exact) mass is 384 g/mol. The van der Waals surface area contributed by atoms with E-state index < -0.39 is 6.10 Å². The van der Waals surface area contributed by atoms with Crippen LogP contribution in [0.2, 0.25) is 0 Å². The van der Waals surface area contributed by atoms with E-state index in [1.54, 1.807) is 0 Å².